The number of hydrogen-bond donors (Lipinski definition) is 5. The minimum Gasteiger partial charge on any atom is -0.508 e. The van der Waals surface area contributed by atoms with Crippen LogP contribution in [0.15, 0.2) is 173 Å². The van der Waals surface area contributed by atoms with E-state index in [9.17, 15) is 34.4 Å². The van der Waals surface area contributed by atoms with Crippen LogP contribution in [0.3, 0.4) is 0 Å². The number of benzene rings is 10. The van der Waals surface area contributed by atoms with E-state index < -0.39 is 23.5 Å². The van der Waals surface area contributed by atoms with Crippen LogP contribution in [0.4, 0.5) is 4.39 Å². The Balaban J connectivity index is 0.000000180. The molecule has 68 heavy (non-hydrogen) atoms. The third-order valence-corrected chi connectivity index (χ3v) is 12.2. The summed E-state index contributed by atoms with van der Waals surface area (Å²) in [6.45, 7) is 5.27. The third-order valence-electron chi connectivity index (χ3n) is 12.2. The number of fused-ring (bicyclic) bond motifs is 6. The van der Waals surface area contributed by atoms with Crippen LogP contribution in [0.1, 0.15) is 28.4 Å². The molecule has 11 rings (SSSR count). The lowest BCUT2D eigenvalue weighted by atomic mass is 9.85. The minimum atomic E-state index is -1.15. The predicted octanol–water partition coefficient (Wildman–Crippen LogP) is 13.9. The Morgan fingerprint density at radius 1 is 0.471 bits per heavy atom. The lowest BCUT2D eigenvalue weighted by Gasteiger charge is -2.19. The summed E-state index contributed by atoms with van der Waals surface area (Å²) < 4.78 is 20.8. The van der Waals surface area contributed by atoms with E-state index in [4.69, 9.17) is 14.3 Å². The van der Waals surface area contributed by atoms with Gasteiger partial charge in [0.05, 0.1) is 5.56 Å². The van der Waals surface area contributed by atoms with Gasteiger partial charge in [-0.3, -0.25) is 9.59 Å². The minimum absolute atomic E-state index is 0.00812. The molecule has 10 heteroatoms. The molecule has 0 unspecified atom stereocenters. The smallest absolute Gasteiger partial charge is 0.336 e. The quantitative estimate of drug-likeness (QED) is 0.108. The van der Waals surface area contributed by atoms with Crippen LogP contribution in [0.2, 0.25) is 0 Å². The number of halogens is 1. The second kappa shape index (κ2) is 17.8. The zero-order valence-corrected chi connectivity index (χ0v) is 36.8. The van der Waals surface area contributed by atoms with Crippen LogP contribution < -0.4 is 5.43 Å². The van der Waals surface area contributed by atoms with E-state index in [1.165, 1.54) is 34.5 Å². The molecule has 5 N–H and O–H groups in total. The van der Waals surface area contributed by atoms with Gasteiger partial charge in [0.1, 0.15) is 22.8 Å². The van der Waals surface area contributed by atoms with E-state index in [0.717, 1.165) is 73.6 Å². The molecule has 0 amide bonds. The van der Waals surface area contributed by atoms with Crippen molar-refractivity contribution in [3.05, 3.63) is 197 Å². The second-order valence-corrected chi connectivity index (χ2v) is 16.4. The molecule has 0 saturated heterocycles. The number of phenols is 3. The van der Waals surface area contributed by atoms with Crippen LogP contribution in [0.25, 0.3) is 98.8 Å². The maximum Gasteiger partial charge on any atom is 0.336 e. The number of hydrogen-bond acceptors (Lipinski definition) is 7. The zero-order chi connectivity index (χ0) is 48.0. The first kappa shape index (κ1) is 44.2. The van der Waals surface area contributed by atoms with Crippen LogP contribution in [0.5, 0.6) is 17.2 Å². The van der Waals surface area contributed by atoms with Crippen molar-refractivity contribution in [2.45, 2.75) is 20.8 Å². The van der Waals surface area contributed by atoms with Gasteiger partial charge < -0.3 is 29.9 Å². The van der Waals surface area contributed by atoms with Crippen molar-refractivity contribution in [2.75, 3.05) is 0 Å². The average molecular weight is 901 g/mol. The molecule has 334 valence electrons. The number of carboxylic acids is 2. The molecule has 1 heterocycles. The van der Waals surface area contributed by atoms with Gasteiger partial charge in [0.2, 0.25) is 0 Å². The Morgan fingerprint density at radius 3 is 1.41 bits per heavy atom. The van der Waals surface area contributed by atoms with Crippen molar-refractivity contribution >= 4 is 66.0 Å². The van der Waals surface area contributed by atoms with Crippen LogP contribution >= 0.6 is 0 Å². The molecule has 0 spiro atoms. The van der Waals surface area contributed by atoms with Crippen LogP contribution in [-0.4, -0.2) is 37.5 Å². The molecule has 1 aliphatic carbocycles. The van der Waals surface area contributed by atoms with Crippen molar-refractivity contribution in [1.82, 2.24) is 0 Å². The largest absolute Gasteiger partial charge is 0.508 e. The van der Waals surface area contributed by atoms with Gasteiger partial charge in [-0.25, -0.2) is 9.18 Å². The molecule has 0 saturated carbocycles. The Labute approximate surface area is 387 Å². The number of aromatic hydroxyl groups is 3. The Hall–Kier alpha value is -9.02. The first-order chi connectivity index (χ1) is 32.7. The van der Waals surface area contributed by atoms with Gasteiger partial charge in [0, 0.05) is 63.9 Å². The van der Waals surface area contributed by atoms with Crippen LogP contribution in [0, 0.1) is 19.7 Å². The molecule has 0 aromatic heterocycles. The molecular formula is C58H41FO9. The van der Waals surface area contributed by atoms with Crippen molar-refractivity contribution in [1.29, 1.82) is 0 Å². The second-order valence-electron chi connectivity index (χ2n) is 16.4. The van der Waals surface area contributed by atoms with Gasteiger partial charge in [-0.15, -0.1) is 0 Å². The average Bonchev–Trinajstić information content (AvgIpc) is 3.32. The highest BCUT2D eigenvalue weighted by Crippen LogP contribution is 2.46. The summed E-state index contributed by atoms with van der Waals surface area (Å²) in [6.07, 6.45) is 0. The first-order valence-electron chi connectivity index (χ1n) is 21.5. The monoisotopic (exact) mass is 900 g/mol. The highest BCUT2D eigenvalue weighted by molar-refractivity contribution is 6.17. The fraction of sp³-hybridized carbons (Fsp3) is 0.0517. The number of carboxylic acid groups (broad SMARTS) is 2. The molecule has 1 aliphatic heterocycles. The first-order valence-corrected chi connectivity index (χ1v) is 21.5. The maximum absolute atomic E-state index is 14.7. The molecule has 2 aliphatic rings. The SMILES string of the molecule is CC(=O)O.Cc1c2ccccc2c(-c2cc3c(-c4ccccc4C(=O)O)c4cc(F)c(O)cc4oc-3cc2=O)c2ccccc12.Cc1c2ccccc2c(-c2ccc(O)cc2O)c2ccccc12. The summed E-state index contributed by atoms with van der Waals surface area (Å²) >= 11 is 0. The summed E-state index contributed by atoms with van der Waals surface area (Å²) in [5, 5.41) is 56.1. The van der Waals surface area contributed by atoms with Crippen molar-refractivity contribution in [3.8, 4) is 62.0 Å². The summed E-state index contributed by atoms with van der Waals surface area (Å²) in [7, 11) is 0. The Bertz CT molecular complexity index is 3750. The van der Waals surface area contributed by atoms with Crippen LogP contribution in [-0.2, 0) is 4.79 Å². The highest BCUT2D eigenvalue weighted by atomic mass is 19.1. The fourth-order valence-electron chi connectivity index (χ4n) is 9.30. The molecule has 0 bridgehead atoms. The Kier molecular flexibility index (Phi) is 11.5. The molecule has 0 radical (unpaired) electrons. The van der Waals surface area contributed by atoms with E-state index >= 15 is 0 Å². The van der Waals surface area contributed by atoms with Gasteiger partial charge in [-0.2, -0.15) is 0 Å². The molecular weight excluding hydrogens is 860 g/mol. The van der Waals surface area contributed by atoms with E-state index in [0.29, 0.717) is 22.3 Å². The summed E-state index contributed by atoms with van der Waals surface area (Å²) in [4.78, 5) is 35.1. The topological polar surface area (TPSA) is 165 Å². The summed E-state index contributed by atoms with van der Waals surface area (Å²) in [6, 6.07) is 48.8. The molecule has 9 aromatic rings. The van der Waals surface area contributed by atoms with E-state index in [1.54, 1.807) is 36.4 Å². The number of carbonyl (C=O) groups is 2. The van der Waals surface area contributed by atoms with E-state index in [2.05, 4.69) is 38.1 Å². The van der Waals surface area contributed by atoms with Gasteiger partial charge in [-0.1, -0.05) is 115 Å². The van der Waals surface area contributed by atoms with Crippen molar-refractivity contribution in [2.24, 2.45) is 0 Å². The van der Waals surface area contributed by atoms with Gasteiger partial charge in [-0.05, 0) is 104 Å². The van der Waals surface area contributed by atoms with Gasteiger partial charge in [0.25, 0.3) is 5.97 Å². The molecule has 9 aromatic carbocycles. The van der Waals surface area contributed by atoms with Gasteiger partial charge in [0.15, 0.2) is 17.0 Å². The number of aryl methyl sites for hydroxylation is 2. The van der Waals surface area contributed by atoms with Crippen molar-refractivity contribution < 1.29 is 43.9 Å². The molecule has 0 atom stereocenters. The summed E-state index contributed by atoms with van der Waals surface area (Å²) in [5.41, 5.74) is 6.23. The van der Waals surface area contributed by atoms with Gasteiger partial charge >= 0.3 is 5.97 Å². The lowest BCUT2D eigenvalue weighted by molar-refractivity contribution is -0.134. The number of rotatable bonds is 4. The predicted molar refractivity (Wildman–Crippen MR) is 267 cm³/mol. The highest BCUT2D eigenvalue weighted by Gasteiger charge is 2.26. The fourth-order valence-corrected chi connectivity index (χ4v) is 9.30. The van der Waals surface area contributed by atoms with E-state index in [-0.39, 0.29) is 39.2 Å². The third kappa shape index (κ3) is 7.83. The molecule has 0 fully saturated rings. The Morgan fingerprint density at radius 2 is 0.926 bits per heavy atom. The number of phenolic OH excluding ortho intramolecular Hbond substituents is 3. The maximum atomic E-state index is 14.7. The summed E-state index contributed by atoms with van der Waals surface area (Å²) in [5.74, 6) is -3.14. The lowest BCUT2D eigenvalue weighted by Crippen LogP contribution is -2.08. The van der Waals surface area contributed by atoms with E-state index in [1.807, 2.05) is 72.8 Å². The molecule has 9 nitrogen and oxygen atoms in total. The number of aromatic carboxylic acids is 1. The normalized spacial score (nSPS) is 11.1. The zero-order valence-electron chi connectivity index (χ0n) is 36.8. The van der Waals surface area contributed by atoms with Crippen molar-refractivity contribution in [3.63, 3.8) is 0 Å². The standard InChI is InChI=1S/C35H21FO5.C21H16O2.C2H4O2/c1-18-19-8-2-4-10-21(19)33(22-11-5-3-9-20(18)22)25-14-26-31(16-29(25)37)41-32-17-30(38)28(36)15-27(32)34(26)23-12-6-7-13-24(23)35(39)40;1-13-15-6-2-4-8-17(15)21(18-9-5-3-7-16(13)18)19-11-10-14(22)12-20(19)23;1-2(3)4/h2-17,38H,1H3,(H,39,40);2-12,22-23H,1H3;1H3,(H,3,4). The number of aliphatic carboxylic acids is 1.